The summed E-state index contributed by atoms with van der Waals surface area (Å²) in [4.78, 5) is 11.8. The van der Waals surface area contributed by atoms with Crippen molar-refractivity contribution in [2.45, 2.75) is 31.7 Å². The lowest BCUT2D eigenvalue weighted by Gasteiger charge is -2.16. The number of sulfone groups is 1. The number of benzene rings is 1. The zero-order chi connectivity index (χ0) is 13.9. The molecule has 1 amide bonds. The molecule has 0 spiro atoms. The summed E-state index contributed by atoms with van der Waals surface area (Å²) in [5.41, 5.74) is 0.886. The van der Waals surface area contributed by atoms with E-state index in [2.05, 4.69) is 5.32 Å². The maximum Gasteiger partial charge on any atom is 0.223 e. The first-order chi connectivity index (χ1) is 8.21. The molecular weight excluding hydrogens is 250 g/mol. The zero-order valence-electron chi connectivity index (χ0n) is 11.1. The van der Waals surface area contributed by atoms with Gasteiger partial charge in [0.05, 0.1) is 10.9 Å². The molecule has 1 aromatic rings. The first-order valence-corrected chi connectivity index (χ1v) is 7.71. The Morgan fingerprint density at radius 2 is 1.61 bits per heavy atom. The van der Waals surface area contributed by atoms with Crippen LogP contribution < -0.4 is 5.32 Å². The number of carbonyl (C=O) groups excluding carboxylic acids is 1. The molecule has 0 radical (unpaired) electrons. The van der Waals surface area contributed by atoms with Gasteiger partial charge in [-0.05, 0) is 24.6 Å². The molecule has 0 aliphatic rings. The predicted molar refractivity (Wildman–Crippen MR) is 70.9 cm³/mol. The fourth-order valence-electron chi connectivity index (χ4n) is 1.47. The van der Waals surface area contributed by atoms with Gasteiger partial charge in [0.2, 0.25) is 5.91 Å². The van der Waals surface area contributed by atoms with Crippen LogP contribution in [0.25, 0.3) is 0 Å². The van der Waals surface area contributed by atoms with E-state index in [-0.39, 0.29) is 22.8 Å². The van der Waals surface area contributed by atoms with Gasteiger partial charge in [0.15, 0.2) is 9.84 Å². The predicted octanol–water partition coefficient (Wildman–Crippen LogP) is 1.92. The number of hydrogen-bond acceptors (Lipinski definition) is 3. The Hall–Kier alpha value is -1.36. The molecule has 18 heavy (non-hydrogen) atoms. The van der Waals surface area contributed by atoms with E-state index in [4.69, 9.17) is 0 Å². The van der Waals surface area contributed by atoms with E-state index in [9.17, 15) is 13.2 Å². The third kappa shape index (κ3) is 3.84. The van der Waals surface area contributed by atoms with Gasteiger partial charge in [0, 0.05) is 12.2 Å². The van der Waals surface area contributed by atoms with Crippen LogP contribution in [0.1, 0.15) is 32.4 Å². The average molecular weight is 269 g/mol. The molecule has 0 saturated carbocycles. The van der Waals surface area contributed by atoms with Gasteiger partial charge in [-0.15, -0.1) is 0 Å². The molecule has 1 aromatic carbocycles. The fourth-order valence-corrected chi connectivity index (χ4v) is 2.10. The standard InChI is InChI=1S/C13H19NO3S/c1-9(2)13(15)14-10(3)11-5-7-12(8-6-11)18(4,16)17/h5-10H,1-4H3,(H,14,15)/t10-/m0/s1. The largest absolute Gasteiger partial charge is 0.349 e. The molecule has 0 saturated heterocycles. The van der Waals surface area contributed by atoms with Gasteiger partial charge in [0.25, 0.3) is 0 Å². The van der Waals surface area contributed by atoms with Crippen LogP contribution in [0, 0.1) is 5.92 Å². The van der Waals surface area contributed by atoms with Crippen molar-refractivity contribution in [3.8, 4) is 0 Å². The Labute approximate surface area is 108 Å². The number of nitrogens with one attached hydrogen (secondary N) is 1. The summed E-state index contributed by atoms with van der Waals surface area (Å²) < 4.78 is 22.6. The second-order valence-corrected chi connectivity index (χ2v) is 6.74. The summed E-state index contributed by atoms with van der Waals surface area (Å²) in [6.45, 7) is 5.53. The number of amides is 1. The lowest BCUT2D eigenvalue weighted by Crippen LogP contribution is -2.30. The molecule has 0 heterocycles. The summed E-state index contributed by atoms with van der Waals surface area (Å²) in [7, 11) is -3.17. The van der Waals surface area contributed by atoms with E-state index in [1.54, 1.807) is 24.3 Å². The van der Waals surface area contributed by atoms with E-state index in [1.165, 1.54) is 6.26 Å². The van der Waals surface area contributed by atoms with Gasteiger partial charge in [-0.3, -0.25) is 4.79 Å². The van der Waals surface area contributed by atoms with Crippen LogP contribution in [-0.2, 0) is 14.6 Å². The zero-order valence-corrected chi connectivity index (χ0v) is 11.9. The number of rotatable bonds is 4. The minimum Gasteiger partial charge on any atom is -0.349 e. The topological polar surface area (TPSA) is 63.2 Å². The summed E-state index contributed by atoms with van der Waals surface area (Å²) in [6.07, 6.45) is 1.17. The quantitative estimate of drug-likeness (QED) is 0.908. The lowest BCUT2D eigenvalue weighted by atomic mass is 10.1. The van der Waals surface area contributed by atoms with Crippen LogP contribution in [-0.4, -0.2) is 20.6 Å². The summed E-state index contributed by atoms with van der Waals surface area (Å²) in [6, 6.07) is 6.43. The highest BCUT2D eigenvalue weighted by molar-refractivity contribution is 7.90. The second-order valence-electron chi connectivity index (χ2n) is 4.73. The summed E-state index contributed by atoms with van der Waals surface area (Å²) in [5, 5.41) is 2.87. The maximum atomic E-state index is 11.5. The third-order valence-corrected chi connectivity index (χ3v) is 3.82. The Kier molecular flexibility index (Phi) is 4.51. The van der Waals surface area contributed by atoms with Crippen molar-refractivity contribution in [1.29, 1.82) is 0 Å². The molecule has 0 aliphatic carbocycles. The monoisotopic (exact) mass is 269 g/mol. The van der Waals surface area contributed by atoms with E-state index >= 15 is 0 Å². The van der Waals surface area contributed by atoms with Gasteiger partial charge >= 0.3 is 0 Å². The van der Waals surface area contributed by atoms with Gasteiger partial charge in [-0.1, -0.05) is 26.0 Å². The summed E-state index contributed by atoms with van der Waals surface area (Å²) in [5.74, 6) is -0.0857. The highest BCUT2D eigenvalue weighted by Crippen LogP contribution is 2.16. The fraction of sp³-hybridized carbons (Fsp3) is 0.462. The van der Waals surface area contributed by atoms with Crippen LogP contribution in [0.15, 0.2) is 29.2 Å². The molecule has 5 heteroatoms. The van der Waals surface area contributed by atoms with Gasteiger partial charge in [0.1, 0.15) is 0 Å². The van der Waals surface area contributed by atoms with Crippen LogP contribution in [0.5, 0.6) is 0 Å². The normalized spacial score (nSPS) is 13.4. The van der Waals surface area contributed by atoms with Gasteiger partial charge < -0.3 is 5.32 Å². The second kappa shape index (κ2) is 5.52. The Balaban J connectivity index is 2.83. The molecule has 4 nitrogen and oxygen atoms in total. The minimum atomic E-state index is -3.17. The van der Waals surface area contributed by atoms with Crippen molar-refractivity contribution in [2.75, 3.05) is 6.26 Å². The first-order valence-electron chi connectivity index (χ1n) is 5.82. The number of hydrogen-bond donors (Lipinski definition) is 1. The van der Waals surface area contributed by atoms with Crippen LogP contribution in [0.4, 0.5) is 0 Å². The van der Waals surface area contributed by atoms with Gasteiger partial charge in [-0.25, -0.2) is 8.42 Å². The van der Waals surface area contributed by atoms with Crippen molar-refractivity contribution < 1.29 is 13.2 Å². The van der Waals surface area contributed by atoms with E-state index in [0.29, 0.717) is 0 Å². The highest BCUT2D eigenvalue weighted by atomic mass is 32.2. The molecule has 0 aromatic heterocycles. The van der Waals surface area contributed by atoms with Crippen molar-refractivity contribution >= 4 is 15.7 Å². The Morgan fingerprint density at radius 1 is 1.11 bits per heavy atom. The first kappa shape index (κ1) is 14.7. The smallest absolute Gasteiger partial charge is 0.223 e. The van der Waals surface area contributed by atoms with Crippen LogP contribution in [0.3, 0.4) is 0 Å². The van der Waals surface area contributed by atoms with Crippen LogP contribution >= 0.6 is 0 Å². The van der Waals surface area contributed by atoms with Crippen molar-refractivity contribution in [3.05, 3.63) is 29.8 Å². The molecule has 0 fully saturated rings. The van der Waals surface area contributed by atoms with Crippen LogP contribution in [0.2, 0.25) is 0 Å². The number of carbonyl (C=O) groups is 1. The van der Waals surface area contributed by atoms with Crippen molar-refractivity contribution in [2.24, 2.45) is 5.92 Å². The summed E-state index contributed by atoms with van der Waals surface area (Å²) >= 11 is 0. The molecule has 100 valence electrons. The molecule has 1 rings (SSSR count). The van der Waals surface area contributed by atoms with Crippen molar-refractivity contribution in [3.63, 3.8) is 0 Å². The molecule has 0 bridgehead atoms. The third-order valence-electron chi connectivity index (χ3n) is 2.69. The van der Waals surface area contributed by atoms with Crippen molar-refractivity contribution in [1.82, 2.24) is 5.32 Å². The molecule has 0 aliphatic heterocycles. The average Bonchev–Trinajstić information content (AvgIpc) is 2.27. The SMILES string of the molecule is CC(C)C(=O)N[C@@H](C)c1ccc(S(C)(=O)=O)cc1. The maximum absolute atomic E-state index is 11.5. The van der Waals surface area contributed by atoms with E-state index < -0.39 is 9.84 Å². The van der Waals surface area contributed by atoms with E-state index in [0.717, 1.165) is 5.56 Å². The van der Waals surface area contributed by atoms with Gasteiger partial charge in [-0.2, -0.15) is 0 Å². The minimum absolute atomic E-state index is 0.0188. The molecular formula is C13H19NO3S. The Morgan fingerprint density at radius 3 is 2.00 bits per heavy atom. The van der Waals surface area contributed by atoms with E-state index in [1.807, 2.05) is 20.8 Å². The Bertz CT molecular complexity index is 518. The highest BCUT2D eigenvalue weighted by Gasteiger charge is 2.13. The molecule has 1 N–H and O–H groups in total. The lowest BCUT2D eigenvalue weighted by molar-refractivity contribution is -0.124. The molecule has 0 unspecified atom stereocenters. The molecule has 1 atom stereocenters.